The lowest BCUT2D eigenvalue weighted by Gasteiger charge is -2.22. The molecule has 1 aliphatic rings. The van der Waals surface area contributed by atoms with E-state index in [9.17, 15) is 4.79 Å². The van der Waals surface area contributed by atoms with Gasteiger partial charge in [0.25, 0.3) is 0 Å². The van der Waals surface area contributed by atoms with Crippen LogP contribution in [-0.4, -0.2) is 37.6 Å². The Balaban J connectivity index is 1.58. The smallest absolute Gasteiger partial charge is 0.244 e. The maximum atomic E-state index is 11.8. The first-order valence-electron chi connectivity index (χ1n) is 8.73. The molecule has 0 bridgehead atoms. The van der Waals surface area contributed by atoms with Gasteiger partial charge in [0.2, 0.25) is 5.91 Å². The Morgan fingerprint density at radius 3 is 2.78 bits per heavy atom. The van der Waals surface area contributed by atoms with Crippen molar-refractivity contribution in [2.45, 2.75) is 26.6 Å². The highest BCUT2D eigenvalue weighted by Gasteiger charge is 2.21. The number of nitrogens with one attached hydrogen (secondary N) is 1. The quantitative estimate of drug-likeness (QED) is 0.733. The van der Waals surface area contributed by atoms with Crippen LogP contribution in [0.3, 0.4) is 0 Å². The Hall–Kier alpha value is -3.26. The molecule has 27 heavy (non-hydrogen) atoms. The third-order valence-electron chi connectivity index (χ3n) is 4.75. The number of aryl methyl sites for hydroxylation is 1. The van der Waals surface area contributed by atoms with E-state index in [1.807, 2.05) is 31.2 Å². The summed E-state index contributed by atoms with van der Waals surface area (Å²) in [6, 6.07) is 9.93. The number of anilines is 2. The van der Waals surface area contributed by atoms with Crippen molar-refractivity contribution < 1.29 is 4.79 Å². The predicted molar refractivity (Wildman–Crippen MR) is 102 cm³/mol. The fourth-order valence-electron chi connectivity index (χ4n) is 3.16. The minimum absolute atomic E-state index is 0.0535. The maximum absolute atomic E-state index is 11.8. The molecule has 1 amide bonds. The molecule has 3 N–H and O–H groups in total. The van der Waals surface area contributed by atoms with E-state index in [0.29, 0.717) is 24.7 Å². The molecule has 3 heterocycles. The van der Waals surface area contributed by atoms with Crippen molar-refractivity contribution in [3.63, 3.8) is 0 Å². The maximum Gasteiger partial charge on any atom is 0.244 e. The summed E-state index contributed by atoms with van der Waals surface area (Å²) in [5, 5.41) is 7.66. The Bertz CT molecular complexity index is 1010. The van der Waals surface area contributed by atoms with Crippen LogP contribution in [0.4, 0.5) is 11.6 Å². The minimum atomic E-state index is 0.0535. The zero-order valence-electron chi connectivity index (χ0n) is 15.3. The molecular weight excluding hydrogens is 342 g/mol. The van der Waals surface area contributed by atoms with Gasteiger partial charge in [0.05, 0.1) is 17.9 Å². The largest absolute Gasteiger partial charge is 0.338 e. The van der Waals surface area contributed by atoms with Crippen LogP contribution >= 0.6 is 0 Å². The molecule has 1 aliphatic heterocycles. The lowest BCUT2D eigenvalue weighted by atomic mass is 10.0. The van der Waals surface area contributed by atoms with Crippen molar-refractivity contribution in [2.24, 2.45) is 5.73 Å². The number of rotatable bonds is 4. The van der Waals surface area contributed by atoms with Gasteiger partial charge in [-0.1, -0.05) is 12.1 Å². The molecule has 4 rings (SSSR count). The lowest BCUT2D eigenvalue weighted by molar-refractivity contribution is -0.132. The molecule has 0 aliphatic carbocycles. The summed E-state index contributed by atoms with van der Waals surface area (Å²) in [7, 11) is 1.79. The van der Waals surface area contributed by atoms with E-state index in [1.54, 1.807) is 16.6 Å². The summed E-state index contributed by atoms with van der Waals surface area (Å²) in [5.74, 6) is 1.36. The number of nitrogens with two attached hydrogens (primary N) is 1. The average molecular weight is 363 g/mol. The van der Waals surface area contributed by atoms with Crippen molar-refractivity contribution in [1.82, 2.24) is 24.6 Å². The van der Waals surface area contributed by atoms with Crippen molar-refractivity contribution in [3.05, 3.63) is 53.5 Å². The average Bonchev–Trinajstić information content (AvgIpc) is 3.03. The Kier molecular flexibility index (Phi) is 4.33. The summed E-state index contributed by atoms with van der Waals surface area (Å²) < 4.78 is 1.72. The van der Waals surface area contributed by atoms with E-state index >= 15 is 0 Å². The summed E-state index contributed by atoms with van der Waals surface area (Å²) in [5.41, 5.74) is 10.8. The van der Waals surface area contributed by atoms with Crippen LogP contribution in [0.1, 0.15) is 16.8 Å². The van der Waals surface area contributed by atoms with E-state index in [0.717, 1.165) is 28.1 Å². The summed E-state index contributed by atoms with van der Waals surface area (Å²) in [4.78, 5) is 22.2. The number of likely N-dealkylation sites (N-methyl/N-ethyl adjacent to an activating group) is 1. The third-order valence-corrected chi connectivity index (χ3v) is 4.75. The Morgan fingerprint density at radius 2 is 2.00 bits per heavy atom. The molecule has 0 spiro atoms. The number of nitrogens with zero attached hydrogens (tertiary/aromatic N) is 5. The number of fused-ring (bicyclic) bond motifs is 1. The van der Waals surface area contributed by atoms with Crippen molar-refractivity contribution in [3.8, 4) is 11.3 Å². The van der Waals surface area contributed by atoms with Gasteiger partial charge < -0.3 is 16.0 Å². The number of carbonyl (C=O) groups is 1. The van der Waals surface area contributed by atoms with Gasteiger partial charge in [-0.05, 0) is 24.1 Å². The van der Waals surface area contributed by atoms with Crippen LogP contribution in [0, 0.1) is 6.92 Å². The number of hydrogen-bond donors (Lipinski definition) is 2. The summed E-state index contributed by atoms with van der Waals surface area (Å²) >= 11 is 0. The second-order valence-corrected chi connectivity index (χ2v) is 6.69. The normalized spacial score (nSPS) is 13.6. The van der Waals surface area contributed by atoms with Gasteiger partial charge >= 0.3 is 0 Å². The molecule has 1 aromatic carbocycles. The van der Waals surface area contributed by atoms with E-state index in [2.05, 4.69) is 26.4 Å². The summed E-state index contributed by atoms with van der Waals surface area (Å²) in [6.07, 6.45) is 1.52. The van der Waals surface area contributed by atoms with Crippen LogP contribution in [0.25, 0.3) is 11.3 Å². The fourth-order valence-corrected chi connectivity index (χ4v) is 3.16. The van der Waals surface area contributed by atoms with Crippen LogP contribution in [0.2, 0.25) is 0 Å². The molecule has 138 valence electrons. The first kappa shape index (κ1) is 17.2. The number of aromatic nitrogens is 4. The predicted octanol–water partition coefficient (Wildman–Crippen LogP) is 1.82. The highest BCUT2D eigenvalue weighted by atomic mass is 16.2. The van der Waals surface area contributed by atoms with E-state index < -0.39 is 0 Å². The van der Waals surface area contributed by atoms with Crippen molar-refractivity contribution in [1.29, 1.82) is 0 Å². The van der Waals surface area contributed by atoms with Gasteiger partial charge in [-0.3, -0.25) is 9.48 Å². The lowest BCUT2D eigenvalue weighted by Crippen LogP contribution is -2.36. The van der Waals surface area contributed by atoms with E-state index in [4.69, 9.17) is 5.73 Å². The van der Waals surface area contributed by atoms with Gasteiger partial charge in [0.1, 0.15) is 18.7 Å². The highest BCUT2D eigenvalue weighted by molar-refractivity contribution is 5.77. The van der Waals surface area contributed by atoms with Crippen LogP contribution in [0.15, 0.2) is 36.7 Å². The molecular formula is C19H21N7O. The van der Waals surface area contributed by atoms with Crippen LogP contribution < -0.4 is 11.1 Å². The third kappa shape index (κ3) is 3.39. The van der Waals surface area contributed by atoms with Gasteiger partial charge in [0.15, 0.2) is 5.82 Å². The molecule has 8 heteroatoms. The minimum Gasteiger partial charge on any atom is -0.338 e. The second-order valence-electron chi connectivity index (χ2n) is 6.69. The zero-order chi connectivity index (χ0) is 19.0. The SMILES string of the molecule is Cc1cc(-c2cc(Nc3cc4n(n3)CC(=O)N(C)C4)ncn2)ccc1CN. The number of amides is 1. The number of benzene rings is 1. The molecule has 0 unspecified atom stereocenters. The van der Waals surface area contributed by atoms with Gasteiger partial charge in [-0.15, -0.1) is 0 Å². The summed E-state index contributed by atoms with van der Waals surface area (Å²) in [6.45, 7) is 3.37. The van der Waals surface area contributed by atoms with Crippen molar-refractivity contribution in [2.75, 3.05) is 12.4 Å². The van der Waals surface area contributed by atoms with E-state index in [1.165, 1.54) is 6.33 Å². The molecule has 0 saturated carbocycles. The van der Waals surface area contributed by atoms with Crippen molar-refractivity contribution >= 4 is 17.5 Å². The first-order valence-corrected chi connectivity index (χ1v) is 8.73. The van der Waals surface area contributed by atoms with Gasteiger partial charge in [0, 0.05) is 31.3 Å². The Morgan fingerprint density at radius 1 is 1.15 bits per heavy atom. The second kappa shape index (κ2) is 6.81. The number of carbonyl (C=O) groups excluding carboxylic acids is 1. The van der Waals surface area contributed by atoms with Crippen LogP contribution in [-0.2, 0) is 24.4 Å². The standard InChI is InChI=1S/C19H21N7O/c1-12-5-13(3-4-14(12)8-20)16-7-17(22-11-21-16)23-18-6-15-9-25(2)19(27)10-26(15)24-18/h3-7,11H,8-10,20H2,1-2H3,(H,21,22,23,24). The monoisotopic (exact) mass is 363 g/mol. The van der Waals surface area contributed by atoms with E-state index in [-0.39, 0.29) is 12.5 Å². The molecule has 0 fully saturated rings. The molecule has 0 saturated heterocycles. The highest BCUT2D eigenvalue weighted by Crippen LogP contribution is 2.24. The fraction of sp³-hybridized carbons (Fsp3) is 0.263. The molecule has 0 atom stereocenters. The topological polar surface area (TPSA) is 102 Å². The molecule has 2 aromatic heterocycles. The Labute approximate surface area is 157 Å². The van der Waals surface area contributed by atoms with Crippen LogP contribution in [0.5, 0.6) is 0 Å². The molecule has 3 aromatic rings. The zero-order valence-corrected chi connectivity index (χ0v) is 15.3. The first-order chi connectivity index (χ1) is 13.0. The van der Waals surface area contributed by atoms with Gasteiger partial charge in [-0.2, -0.15) is 5.10 Å². The van der Waals surface area contributed by atoms with Gasteiger partial charge in [-0.25, -0.2) is 9.97 Å². The number of hydrogen-bond acceptors (Lipinski definition) is 6. The molecule has 0 radical (unpaired) electrons. The molecule has 8 nitrogen and oxygen atoms in total.